The SMILES string of the molecule is Cc1cc(Nc2nccc(C3CC3)n2)cc(-c2cnc(C(C)(O)C3CCC(C(=O)O)CC3)s2)c1. The predicted octanol–water partition coefficient (Wildman–Crippen LogP) is 5.63. The lowest BCUT2D eigenvalue weighted by Crippen LogP contribution is -2.35. The predicted molar refractivity (Wildman–Crippen MR) is 132 cm³/mol. The topological polar surface area (TPSA) is 108 Å². The maximum Gasteiger partial charge on any atom is 0.306 e. The Kier molecular flexibility index (Phi) is 6.12. The highest BCUT2D eigenvalue weighted by Crippen LogP contribution is 2.44. The second kappa shape index (κ2) is 9.07. The third-order valence-corrected chi connectivity index (χ3v) is 8.37. The van der Waals surface area contributed by atoms with Gasteiger partial charge in [-0.15, -0.1) is 11.3 Å². The first-order valence-corrected chi connectivity index (χ1v) is 12.7. The molecule has 2 aliphatic rings. The zero-order valence-electron chi connectivity index (χ0n) is 19.5. The molecular formula is C26H30N4O3S. The summed E-state index contributed by atoms with van der Waals surface area (Å²) in [6.45, 7) is 3.87. The number of rotatable bonds is 7. The lowest BCUT2D eigenvalue weighted by molar-refractivity contribution is -0.144. The number of thiazole rings is 1. The molecule has 0 spiro atoms. The van der Waals surface area contributed by atoms with Gasteiger partial charge in [-0.1, -0.05) is 6.07 Å². The standard InChI is InChI=1S/C26H30N4O3S/c1-15-11-18(13-20(12-15)29-25-27-10-9-21(30-25)16-3-4-16)22-14-28-24(34-22)26(2,33)19-7-5-17(6-8-19)23(31)32/h9-14,16-17,19,33H,3-8H2,1-2H3,(H,31,32)(H,27,29,30). The molecule has 2 fully saturated rings. The summed E-state index contributed by atoms with van der Waals surface area (Å²) in [6, 6.07) is 8.22. The van der Waals surface area contributed by atoms with Crippen molar-refractivity contribution in [3.05, 3.63) is 52.9 Å². The van der Waals surface area contributed by atoms with E-state index in [4.69, 9.17) is 0 Å². The molecule has 7 nitrogen and oxygen atoms in total. The van der Waals surface area contributed by atoms with Crippen LogP contribution >= 0.6 is 11.3 Å². The summed E-state index contributed by atoms with van der Waals surface area (Å²) >= 11 is 1.50. The van der Waals surface area contributed by atoms with Crippen LogP contribution in [-0.4, -0.2) is 31.1 Å². The van der Waals surface area contributed by atoms with Crippen molar-refractivity contribution in [1.29, 1.82) is 0 Å². The summed E-state index contributed by atoms with van der Waals surface area (Å²) in [5.41, 5.74) is 3.06. The Bertz CT molecular complexity index is 1200. The Morgan fingerprint density at radius 2 is 1.88 bits per heavy atom. The van der Waals surface area contributed by atoms with E-state index in [2.05, 4.69) is 45.4 Å². The lowest BCUT2D eigenvalue weighted by Gasteiger charge is -2.35. The molecule has 0 amide bonds. The summed E-state index contributed by atoms with van der Waals surface area (Å²) in [6.07, 6.45) is 8.61. The number of aryl methyl sites for hydroxylation is 1. The van der Waals surface area contributed by atoms with Gasteiger partial charge in [0.25, 0.3) is 0 Å². The van der Waals surface area contributed by atoms with Crippen LogP contribution in [0.2, 0.25) is 0 Å². The molecular weight excluding hydrogens is 448 g/mol. The third-order valence-electron chi connectivity index (χ3n) is 7.10. The van der Waals surface area contributed by atoms with Crippen LogP contribution in [0.1, 0.15) is 67.6 Å². The first-order valence-electron chi connectivity index (χ1n) is 11.9. The Morgan fingerprint density at radius 3 is 2.59 bits per heavy atom. The number of aliphatic hydroxyl groups is 1. The second-order valence-electron chi connectivity index (χ2n) is 9.86. The fourth-order valence-electron chi connectivity index (χ4n) is 4.88. The number of anilines is 2. The Balaban J connectivity index is 1.34. The van der Waals surface area contributed by atoms with Gasteiger partial charge in [0.15, 0.2) is 0 Å². The van der Waals surface area contributed by atoms with Crippen molar-refractivity contribution in [1.82, 2.24) is 15.0 Å². The van der Waals surface area contributed by atoms with Gasteiger partial charge in [0, 0.05) is 29.7 Å². The minimum atomic E-state index is -1.08. The zero-order valence-corrected chi connectivity index (χ0v) is 20.3. The molecule has 2 aromatic heterocycles. The fourth-order valence-corrected chi connectivity index (χ4v) is 5.91. The average Bonchev–Trinajstić information content (AvgIpc) is 3.54. The first-order chi connectivity index (χ1) is 16.3. The van der Waals surface area contributed by atoms with Crippen molar-refractivity contribution in [2.45, 2.75) is 63.9 Å². The molecule has 0 radical (unpaired) electrons. The van der Waals surface area contributed by atoms with Crippen LogP contribution in [0.5, 0.6) is 0 Å². The van der Waals surface area contributed by atoms with E-state index in [1.54, 1.807) is 6.20 Å². The number of carboxylic acids is 1. The number of nitrogens with one attached hydrogen (secondary N) is 1. The minimum absolute atomic E-state index is 0.00716. The highest BCUT2D eigenvalue weighted by molar-refractivity contribution is 7.15. The van der Waals surface area contributed by atoms with Crippen molar-refractivity contribution in [2.75, 3.05) is 5.32 Å². The average molecular weight is 479 g/mol. The van der Waals surface area contributed by atoms with E-state index >= 15 is 0 Å². The van der Waals surface area contributed by atoms with Crippen LogP contribution in [0.15, 0.2) is 36.7 Å². The monoisotopic (exact) mass is 478 g/mol. The number of hydrogen-bond acceptors (Lipinski definition) is 7. The molecule has 1 unspecified atom stereocenters. The van der Waals surface area contributed by atoms with Gasteiger partial charge in [-0.25, -0.2) is 15.0 Å². The Labute approximate surface area is 203 Å². The van der Waals surface area contributed by atoms with E-state index in [-0.39, 0.29) is 11.8 Å². The number of benzene rings is 1. The molecule has 8 heteroatoms. The van der Waals surface area contributed by atoms with E-state index < -0.39 is 11.6 Å². The van der Waals surface area contributed by atoms with Gasteiger partial charge in [0.2, 0.25) is 5.95 Å². The van der Waals surface area contributed by atoms with Crippen molar-refractivity contribution < 1.29 is 15.0 Å². The highest BCUT2D eigenvalue weighted by atomic mass is 32.1. The zero-order chi connectivity index (χ0) is 23.9. The molecule has 2 heterocycles. The van der Waals surface area contributed by atoms with Crippen LogP contribution in [0.4, 0.5) is 11.6 Å². The van der Waals surface area contributed by atoms with E-state index in [9.17, 15) is 15.0 Å². The molecule has 0 bridgehead atoms. The Hall–Kier alpha value is -2.84. The van der Waals surface area contributed by atoms with Crippen LogP contribution in [0.3, 0.4) is 0 Å². The van der Waals surface area contributed by atoms with Crippen molar-refractivity contribution in [2.24, 2.45) is 11.8 Å². The maximum absolute atomic E-state index is 11.3. The summed E-state index contributed by atoms with van der Waals surface area (Å²) in [7, 11) is 0. The highest BCUT2D eigenvalue weighted by Gasteiger charge is 2.40. The second-order valence-corrected chi connectivity index (χ2v) is 10.9. The number of nitrogens with zero attached hydrogens (tertiary/aromatic N) is 3. The first kappa shape index (κ1) is 22.9. The summed E-state index contributed by atoms with van der Waals surface area (Å²) < 4.78 is 0. The molecule has 3 N–H and O–H groups in total. The van der Waals surface area contributed by atoms with Gasteiger partial charge in [0.05, 0.1) is 10.8 Å². The van der Waals surface area contributed by atoms with Crippen molar-refractivity contribution >= 4 is 28.9 Å². The summed E-state index contributed by atoms with van der Waals surface area (Å²) in [5.74, 6) is 0.145. The largest absolute Gasteiger partial charge is 0.481 e. The molecule has 178 valence electrons. The molecule has 0 saturated heterocycles. The van der Waals surface area contributed by atoms with Gasteiger partial charge in [-0.2, -0.15) is 0 Å². The Morgan fingerprint density at radius 1 is 1.12 bits per heavy atom. The van der Waals surface area contributed by atoms with Gasteiger partial charge >= 0.3 is 5.97 Å². The normalized spacial score (nSPS) is 22.2. The van der Waals surface area contributed by atoms with Gasteiger partial charge < -0.3 is 15.5 Å². The molecule has 0 aliphatic heterocycles. The number of aliphatic carboxylic acids is 1. The van der Waals surface area contributed by atoms with Gasteiger partial charge in [-0.3, -0.25) is 4.79 Å². The van der Waals surface area contributed by atoms with Crippen LogP contribution < -0.4 is 5.32 Å². The molecule has 34 heavy (non-hydrogen) atoms. The van der Waals surface area contributed by atoms with E-state index in [1.165, 1.54) is 24.2 Å². The van der Waals surface area contributed by atoms with Crippen LogP contribution in [0.25, 0.3) is 10.4 Å². The number of carboxylic acid groups (broad SMARTS) is 1. The van der Waals surface area contributed by atoms with E-state index in [0.29, 0.717) is 42.6 Å². The summed E-state index contributed by atoms with van der Waals surface area (Å²) in [4.78, 5) is 25.9. The summed E-state index contributed by atoms with van der Waals surface area (Å²) in [5, 5.41) is 24.6. The lowest BCUT2D eigenvalue weighted by atomic mass is 9.74. The number of carbonyl (C=O) groups is 1. The minimum Gasteiger partial charge on any atom is -0.481 e. The molecule has 1 aromatic carbocycles. The number of aromatic nitrogens is 3. The molecule has 5 rings (SSSR count). The molecule has 1 atom stereocenters. The van der Waals surface area contributed by atoms with Gasteiger partial charge in [0.1, 0.15) is 10.6 Å². The molecule has 2 aliphatic carbocycles. The third kappa shape index (κ3) is 4.83. The maximum atomic E-state index is 11.3. The van der Waals surface area contributed by atoms with Crippen LogP contribution in [-0.2, 0) is 10.4 Å². The fraction of sp³-hybridized carbons (Fsp3) is 0.462. The quantitative estimate of drug-likeness (QED) is 0.404. The van der Waals surface area contributed by atoms with Crippen LogP contribution in [0, 0.1) is 18.8 Å². The number of hydrogen-bond donors (Lipinski definition) is 3. The van der Waals surface area contributed by atoms with Crippen molar-refractivity contribution in [3.8, 4) is 10.4 Å². The van der Waals surface area contributed by atoms with E-state index in [1.807, 2.05) is 19.2 Å². The molecule has 2 saturated carbocycles. The van der Waals surface area contributed by atoms with E-state index in [0.717, 1.165) is 27.4 Å². The smallest absolute Gasteiger partial charge is 0.306 e. The van der Waals surface area contributed by atoms with Gasteiger partial charge in [-0.05, 0) is 87.6 Å². The van der Waals surface area contributed by atoms with Crippen molar-refractivity contribution in [3.63, 3.8) is 0 Å². The molecule has 3 aromatic rings.